The fraction of sp³-hybridized carbons (Fsp3) is 0.214. The molecule has 2 nitrogen and oxygen atoms in total. The topological polar surface area (TPSA) is 26.3 Å². The van der Waals surface area contributed by atoms with Crippen molar-refractivity contribution in [1.29, 1.82) is 0 Å². The van der Waals surface area contributed by atoms with Crippen molar-refractivity contribution in [2.75, 3.05) is 0 Å². The van der Waals surface area contributed by atoms with Gasteiger partial charge in [0.15, 0.2) is 0 Å². The van der Waals surface area contributed by atoms with E-state index in [0.29, 0.717) is 0 Å². The van der Waals surface area contributed by atoms with Crippen molar-refractivity contribution in [1.82, 2.24) is 0 Å². The van der Waals surface area contributed by atoms with Crippen LogP contribution in [0.4, 0.5) is 0 Å². The van der Waals surface area contributed by atoms with Crippen LogP contribution in [0.15, 0.2) is 0 Å². The molecule has 2 fully saturated rings. The van der Waals surface area contributed by atoms with E-state index in [4.69, 9.17) is 4.74 Å². The number of rotatable bonds is 2. The molecule has 0 saturated heterocycles. The van der Waals surface area contributed by atoms with Gasteiger partial charge in [0, 0.05) is 12.8 Å². The van der Waals surface area contributed by atoms with Crippen LogP contribution in [0, 0.1) is 63.7 Å². The summed E-state index contributed by atoms with van der Waals surface area (Å²) >= 11 is 0. The Morgan fingerprint density at radius 3 is 1.76 bits per heavy atom. The Labute approximate surface area is 116 Å². The van der Waals surface area contributed by atoms with Crippen molar-refractivity contribution in [3.8, 4) is 0 Å². The molecule has 17 heavy (non-hydrogen) atoms. The second kappa shape index (κ2) is 9.96. The van der Waals surface area contributed by atoms with Crippen molar-refractivity contribution < 1.29 is 26.6 Å². The first-order valence-corrected chi connectivity index (χ1v) is 5.25. The Kier molecular flexibility index (Phi) is 9.96. The maximum Gasteiger partial charge on any atom is 2.00 e. The van der Waals surface area contributed by atoms with Crippen LogP contribution >= 0.6 is 0 Å². The Morgan fingerprint density at radius 2 is 1.41 bits per heavy atom. The predicted molar refractivity (Wildman–Crippen MR) is 63.2 cm³/mol. The van der Waals surface area contributed by atoms with Gasteiger partial charge in [-0.15, -0.1) is 0 Å². The van der Waals surface area contributed by atoms with E-state index >= 15 is 0 Å². The van der Waals surface area contributed by atoms with Gasteiger partial charge in [0.05, 0.1) is 0 Å². The first-order chi connectivity index (χ1) is 7.70. The maximum atomic E-state index is 10.5. The summed E-state index contributed by atoms with van der Waals surface area (Å²) in [4.78, 5) is 10.5. The number of carbonyl (C=O) groups excluding carboxylic acids is 1. The maximum absolute atomic E-state index is 10.5. The van der Waals surface area contributed by atoms with E-state index in [9.17, 15) is 4.79 Å². The van der Waals surface area contributed by atoms with Crippen LogP contribution in [0.1, 0.15) is 13.8 Å². The Balaban J connectivity index is 0.000000360. The minimum Gasteiger partial charge on any atom is -0.462 e. The van der Waals surface area contributed by atoms with E-state index in [2.05, 4.69) is 0 Å². The predicted octanol–water partition coefficient (Wildman–Crippen LogP) is 2.36. The molecule has 0 aromatic rings. The zero-order valence-electron chi connectivity index (χ0n) is 9.94. The monoisotopic (exact) mass is 272 g/mol. The number of hydrogen-bond donors (Lipinski definition) is 0. The molecule has 0 heterocycles. The van der Waals surface area contributed by atoms with Gasteiger partial charge in [-0.2, -0.15) is 0 Å². The zero-order valence-corrected chi connectivity index (χ0v) is 11.0. The molecule has 0 bridgehead atoms. The molecule has 2 aliphatic rings. The van der Waals surface area contributed by atoms with E-state index in [1.165, 1.54) is 6.92 Å². The largest absolute Gasteiger partial charge is 2.00 e. The van der Waals surface area contributed by atoms with Gasteiger partial charge < -0.3 is 4.74 Å². The summed E-state index contributed by atoms with van der Waals surface area (Å²) in [6.07, 6.45) is 17.6. The van der Waals surface area contributed by atoms with Gasteiger partial charge in [-0.1, -0.05) is 0 Å². The third-order valence-electron chi connectivity index (χ3n) is 2.06. The minimum absolute atomic E-state index is 0. The van der Waals surface area contributed by atoms with Crippen LogP contribution in [0.2, 0.25) is 0 Å². The van der Waals surface area contributed by atoms with Gasteiger partial charge in [-0.25, -0.2) is 0 Å². The van der Waals surface area contributed by atoms with Gasteiger partial charge in [-0.05, 0) is 64.7 Å². The van der Waals surface area contributed by atoms with E-state index in [1.807, 2.05) is 64.7 Å². The molecule has 2 saturated carbocycles. The second-order valence-corrected chi connectivity index (χ2v) is 3.43. The summed E-state index contributed by atoms with van der Waals surface area (Å²) in [5.41, 5.74) is 0. The third kappa shape index (κ3) is 7.83. The van der Waals surface area contributed by atoms with Gasteiger partial charge in [0.2, 0.25) is 0 Å². The molecule has 1 atom stereocenters. The van der Waals surface area contributed by atoms with Crippen LogP contribution < -0.4 is 0 Å². The fourth-order valence-electron chi connectivity index (χ4n) is 1.30. The minimum atomic E-state index is -0.237. The standard InChI is InChI=1S/C9H11O2.C5H5.Fe/c1-7(11-8(2)10)9-5-3-4-6-9;1-2-4-5-3-1;/h3-7H,1-2H3;1-5H;/q;;+2/t7-;;/m1../s1. The zero-order chi connectivity index (χ0) is 11.8. The van der Waals surface area contributed by atoms with Crippen molar-refractivity contribution in [2.45, 2.75) is 20.0 Å². The van der Waals surface area contributed by atoms with Gasteiger partial charge in [-0.3, -0.25) is 4.79 Å². The van der Waals surface area contributed by atoms with Crippen molar-refractivity contribution in [2.24, 2.45) is 0 Å². The normalized spacial score (nSPS) is 21.1. The van der Waals surface area contributed by atoms with Crippen LogP contribution in [0.25, 0.3) is 0 Å². The average molecular weight is 272 g/mol. The van der Waals surface area contributed by atoms with Gasteiger partial charge in [0.25, 0.3) is 0 Å². The smallest absolute Gasteiger partial charge is 0.462 e. The van der Waals surface area contributed by atoms with E-state index in [0.717, 1.165) is 5.92 Å². The summed E-state index contributed by atoms with van der Waals surface area (Å²) in [5, 5.41) is 0. The van der Waals surface area contributed by atoms with Gasteiger partial charge in [0.1, 0.15) is 6.10 Å². The van der Waals surface area contributed by atoms with Crippen LogP contribution in [-0.2, 0) is 26.6 Å². The molecule has 0 spiro atoms. The molecule has 3 heteroatoms. The number of carbonyl (C=O) groups is 1. The van der Waals surface area contributed by atoms with Crippen LogP contribution in [0.5, 0.6) is 0 Å². The van der Waals surface area contributed by atoms with Gasteiger partial charge >= 0.3 is 23.0 Å². The van der Waals surface area contributed by atoms with Crippen molar-refractivity contribution in [3.05, 3.63) is 63.7 Å². The Bertz CT molecular complexity index is 189. The van der Waals surface area contributed by atoms with Crippen molar-refractivity contribution in [3.63, 3.8) is 0 Å². The van der Waals surface area contributed by atoms with Crippen molar-refractivity contribution >= 4 is 5.97 Å². The van der Waals surface area contributed by atoms with Crippen LogP contribution in [0.3, 0.4) is 0 Å². The molecule has 2 rings (SSSR count). The molecule has 0 amide bonds. The molecular formula is C14H16FeO2+2. The molecule has 90 valence electrons. The Morgan fingerprint density at radius 1 is 1.00 bits per heavy atom. The average Bonchev–Trinajstić information content (AvgIpc) is 2.94. The third-order valence-corrected chi connectivity index (χ3v) is 2.06. The first kappa shape index (κ1) is 17.0. The van der Waals surface area contributed by atoms with E-state index in [-0.39, 0.29) is 29.1 Å². The summed E-state index contributed by atoms with van der Waals surface area (Å²) in [6.45, 7) is 3.27. The van der Waals surface area contributed by atoms with Crippen LogP contribution in [-0.4, -0.2) is 12.1 Å². The molecule has 0 aromatic carbocycles. The molecule has 0 aliphatic heterocycles. The Hall–Kier alpha value is -0.0105. The molecule has 10 radical (unpaired) electrons. The summed E-state index contributed by atoms with van der Waals surface area (Å²) in [7, 11) is 0. The number of esters is 1. The first-order valence-electron chi connectivity index (χ1n) is 5.25. The molecule has 0 aromatic heterocycles. The number of ether oxygens (including phenoxy) is 1. The quantitative estimate of drug-likeness (QED) is 0.570. The van der Waals surface area contributed by atoms with E-state index in [1.54, 1.807) is 0 Å². The second-order valence-electron chi connectivity index (χ2n) is 3.43. The summed E-state index contributed by atoms with van der Waals surface area (Å²) in [5.74, 6) is 0.805. The SMILES string of the molecule is CC(=O)O[C@H](C)[C]1[CH][CH][CH][CH]1.[CH]1[CH][CH][CH][CH]1.[Fe+2]. The molecule has 0 N–H and O–H groups in total. The number of hydrogen-bond acceptors (Lipinski definition) is 2. The molecule has 0 unspecified atom stereocenters. The molecule has 2 aliphatic carbocycles. The summed E-state index contributed by atoms with van der Waals surface area (Å²) < 4.78 is 4.96. The van der Waals surface area contributed by atoms with E-state index < -0.39 is 0 Å². The molecular weight excluding hydrogens is 256 g/mol. The summed E-state index contributed by atoms with van der Waals surface area (Å²) in [6, 6.07) is 0. The fourth-order valence-corrected chi connectivity index (χ4v) is 1.30.